The number of likely N-dealkylation sites (tertiary alicyclic amines) is 1. The Labute approximate surface area is 121 Å². The molecule has 1 heterocycles. The molecule has 1 saturated heterocycles. The molecule has 0 atom stereocenters. The van der Waals surface area contributed by atoms with E-state index in [-0.39, 0.29) is 0 Å². The first-order chi connectivity index (χ1) is 9.24. The van der Waals surface area contributed by atoms with Crippen LogP contribution in [0.4, 0.5) is 5.69 Å². The molecule has 1 aromatic carbocycles. The SMILES string of the molecule is Cc1ccc(NC(=S)NCC[NH+]2CCCCC2)cc1. The third kappa shape index (κ3) is 5.17. The van der Waals surface area contributed by atoms with Crippen LogP contribution in [-0.2, 0) is 0 Å². The number of anilines is 1. The van der Waals surface area contributed by atoms with Crippen LogP contribution in [-0.4, -0.2) is 31.3 Å². The van der Waals surface area contributed by atoms with E-state index in [2.05, 4.69) is 41.8 Å². The van der Waals surface area contributed by atoms with Gasteiger partial charge in [0.1, 0.15) is 0 Å². The van der Waals surface area contributed by atoms with E-state index in [1.807, 2.05) is 0 Å². The molecule has 3 N–H and O–H groups in total. The van der Waals surface area contributed by atoms with Crippen LogP contribution >= 0.6 is 12.2 Å². The fourth-order valence-corrected chi connectivity index (χ4v) is 2.69. The van der Waals surface area contributed by atoms with Gasteiger partial charge in [0.05, 0.1) is 26.2 Å². The Morgan fingerprint density at radius 3 is 2.53 bits per heavy atom. The monoisotopic (exact) mass is 278 g/mol. The van der Waals surface area contributed by atoms with Crippen molar-refractivity contribution in [3.63, 3.8) is 0 Å². The Balaban J connectivity index is 1.65. The summed E-state index contributed by atoms with van der Waals surface area (Å²) in [7, 11) is 0. The lowest BCUT2D eigenvalue weighted by atomic mass is 10.1. The standard InChI is InChI=1S/C15H23N3S/c1-13-5-7-14(8-6-13)17-15(19)16-9-12-18-10-3-2-4-11-18/h5-8H,2-4,9-12H2,1H3,(H2,16,17,19)/p+1. The van der Waals surface area contributed by atoms with Crippen molar-refractivity contribution >= 4 is 23.0 Å². The number of nitrogens with one attached hydrogen (secondary N) is 3. The highest BCUT2D eigenvalue weighted by molar-refractivity contribution is 7.80. The maximum absolute atomic E-state index is 5.30. The summed E-state index contributed by atoms with van der Waals surface area (Å²) in [6.45, 7) is 6.84. The molecule has 19 heavy (non-hydrogen) atoms. The van der Waals surface area contributed by atoms with Gasteiger partial charge in [0.15, 0.2) is 5.11 Å². The van der Waals surface area contributed by atoms with Crippen molar-refractivity contribution in [2.24, 2.45) is 0 Å². The molecule has 0 aromatic heterocycles. The van der Waals surface area contributed by atoms with Crippen molar-refractivity contribution in [2.45, 2.75) is 26.2 Å². The van der Waals surface area contributed by atoms with Crippen LogP contribution in [0.25, 0.3) is 0 Å². The van der Waals surface area contributed by atoms with Gasteiger partial charge in [-0.1, -0.05) is 17.7 Å². The van der Waals surface area contributed by atoms with E-state index >= 15 is 0 Å². The number of aryl methyl sites for hydroxylation is 1. The summed E-state index contributed by atoms with van der Waals surface area (Å²) < 4.78 is 0. The molecule has 0 saturated carbocycles. The Kier molecular flexibility index (Phi) is 5.61. The number of rotatable bonds is 4. The summed E-state index contributed by atoms with van der Waals surface area (Å²) in [5.74, 6) is 0. The second-order valence-corrected chi connectivity index (χ2v) is 5.72. The first-order valence-corrected chi connectivity index (χ1v) is 7.60. The van der Waals surface area contributed by atoms with Crippen LogP contribution in [0, 0.1) is 6.92 Å². The normalized spacial score (nSPS) is 16.1. The number of hydrogen-bond acceptors (Lipinski definition) is 1. The lowest BCUT2D eigenvalue weighted by molar-refractivity contribution is -0.903. The molecule has 0 bridgehead atoms. The molecule has 4 heteroatoms. The van der Waals surface area contributed by atoms with Crippen molar-refractivity contribution in [1.29, 1.82) is 0 Å². The van der Waals surface area contributed by atoms with Crippen LogP contribution in [0.1, 0.15) is 24.8 Å². The number of piperidine rings is 1. The first kappa shape index (κ1) is 14.3. The van der Waals surface area contributed by atoms with Crippen molar-refractivity contribution in [3.05, 3.63) is 29.8 Å². The lowest BCUT2D eigenvalue weighted by Gasteiger charge is -2.23. The predicted molar refractivity (Wildman–Crippen MR) is 84.8 cm³/mol. The zero-order valence-corrected chi connectivity index (χ0v) is 12.5. The van der Waals surface area contributed by atoms with Gasteiger partial charge < -0.3 is 15.5 Å². The van der Waals surface area contributed by atoms with Crippen LogP contribution < -0.4 is 15.5 Å². The molecule has 0 unspecified atom stereocenters. The Morgan fingerprint density at radius 2 is 1.84 bits per heavy atom. The van der Waals surface area contributed by atoms with Crippen LogP contribution in [0.2, 0.25) is 0 Å². The van der Waals surface area contributed by atoms with Gasteiger partial charge in [-0.05, 0) is 50.5 Å². The maximum Gasteiger partial charge on any atom is 0.170 e. The van der Waals surface area contributed by atoms with Gasteiger partial charge in [-0.3, -0.25) is 0 Å². The topological polar surface area (TPSA) is 28.5 Å². The van der Waals surface area contributed by atoms with E-state index in [4.69, 9.17) is 12.2 Å². The van der Waals surface area contributed by atoms with Gasteiger partial charge in [-0.2, -0.15) is 0 Å². The van der Waals surface area contributed by atoms with E-state index in [0.29, 0.717) is 0 Å². The molecule has 0 amide bonds. The minimum Gasteiger partial charge on any atom is -0.357 e. The quantitative estimate of drug-likeness (QED) is 0.726. The molecular formula is C15H24N3S+. The summed E-state index contributed by atoms with van der Waals surface area (Å²) >= 11 is 5.30. The molecule has 104 valence electrons. The first-order valence-electron chi connectivity index (χ1n) is 7.19. The van der Waals surface area contributed by atoms with Gasteiger partial charge in [-0.15, -0.1) is 0 Å². The average Bonchev–Trinajstić information content (AvgIpc) is 2.43. The Morgan fingerprint density at radius 1 is 1.16 bits per heavy atom. The smallest absolute Gasteiger partial charge is 0.170 e. The third-order valence-electron chi connectivity index (χ3n) is 3.63. The fourth-order valence-electron chi connectivity index (χ4n) is 2.47. The molecule has 2 rings (SSSR count). The molecule has 1 aliphatic rings. The number of hydrogen-bond donors (Lipinski definition) is 3. The lowest BCUT2D eigenvalue weighted by Crippen LogP contribution is -3.13. The summed E-state index contributed by atoms with van der Waals surface area (Å²) in [5, 5.41) is 7.23. The van der Waals surface area contributed by atoms with Crippen molar-refractivity contribution in [3.8, 4) is 0 Å². The predicted octanol–water partition coefficient (Wildman–Crippen LogP) is 1.35. The molecule has 0 spiro atoms. The molecule has 1 fully saturated rings. The van der Waals surface area contributed by atoms with Crippen LogP contribution in [0.15, 0.2) is 24.3 Å². The van der Waals surface area contributed by atoms with Gasteiger partial charge in [-0.25, -0.2) is 0 Å². The van der Waals surface area contributed by atoms with Gasteiger partial charge in [0, 0.05) is 5.69 Å². The van der Waals surface area contributed by atoms with Crippen molar-refractivity contribution in [2.75, 3.05) is 31.5 Å². The van der Waals surface area contributed by atoms with Gasteiger partial charge in [0.25, 0.3) is 0 Å². The van der Waals surface area contributed by atoms with E-state index in [1.54, 1.807) is 4.90 Å². The van der Waals surface area contributed by atoms with E-state index in [0.717, 1.165) is 23.9 Å². The third-order valence-corrected chi connectivity index (χ3v) is 3.88. The minimum absolute atomic E-state index is 0.722. The summed E-state index contributed by atoms with van der Waals surface area (Å²) in [6, 6.07) is 8.28. The highest BCUT2D eigenvalue weighted by Crippen LogP contribution is 2.07. The Bertz CT molecular complexity index is 396. The zero-order chi connectivity index (χ0) is 13.5. The summed E-state index contributed by atoms with van der Waals surface area (Å²) in [6.07, 6.45) is 4.16. The van der Waals surface area contributed by atoms with Gasteiger partial charge in [0.2, 0.25) is 0 Å². The molecule has 0 aliphatic carbocycles. The summed E-state index contributed by atoms with van der Waals surface area (Å²) in [4.78, 5) is 1.71. The highest BCUT2D eigenvalue weighted by Gasteiger charge is 2.12. The van der Waals surface area contributed by atoms with E-state index < -0.39 is 0 Å². The van der Waals surface area contributed by atoms with Gasteiger partial charge >= 0.3 is 0 Å². The van der Waals surface area contributed by atoms with Crippen molar-refractivity contribution in [1.82, 2.24) is 5.32 Å². The zero-order valence-electron chi connectivity index (χ0n) is 11.7. The largest absolute Gasteiger partial charge is 0.357 e. The highest BCUT2D eigenvalue weighted by atomic mass is 32.1. The summed E-state index contributed by atoms with van der Waals surface area (Å²) in [5.41, 5.74) is 2.31. The second-order valence-electron chi connectivity index (χ2n) is 5.31. The van der Waals surface area contributed by atoms with Crippen LogP contribution in [0.5, 0.6) is 0 Å². The second kappa shape index (κ2) is 7.46. The van der Waals surface area contributed by atoms with Crippen LogP contribution in [0.3, 0.4) is 0 Å². The molecule has 0 radical (unpaired) electrons. The molecule has 1 aromatic rings. The number of benzene rings is 1. The number of quaternary nitrogens is 1. The van der Waals surface area contributed by atoms with E-state index in [9.17, 15) is 0 Å². The maximum atomic E-state index is 5.30. The van der Waals surface area contributed by atoms with E-state index in [1.165, 1.54) is 37.9 Å². The number of thiocarbonyl (C=S) groups is 1. The Hall–Kier alpha value is -1.13. The molecule has 3 nitrogen and oxygen atoms in total. The van der Waals surface area contributed by atoms with Crippen molar-refractivity contribution < 1.29 is 4.90 Å². The molecular weight excluding hydrogens is 254 g/mol. The molecule has 1 aliphatic heterocycles. The average molecular weight is 278 g/mol. The minimum atomic E-state index is 0.722. The fraction of sp³-hybridized carbons (Fsp3) is 0.533.